The topological polar surface area (TPSA) is 93.7 Å². The van der Waals surface area contributed by atoms with Crippen LogP contribution in [0.3, 0.4) is 0 Å². The van der Waals surface area contributed by atoms with Crippen molar-refractivity contribution in [2.24, 2.45) is 0 Å². The standard InChI is InChI=1S/C18H22N2O5S/c1-4-11-26(22,23)20-14-7-5-13(6-8-14)19-18(21)16-10-9-15(24-2)12-17(16)25-3/h5-10,12,20H,4,11H2,1-3H3,(H,19,21). The van der Waals surface area contributed by atoms with Crippen molar-refractivity contribution in [2.45, 2.75) is 13.3 Å². The van der Waals surface area contributed by atoms with E-state index in [0.717, 1.165) is 0 Å². The van der Waals surface area contributed by atoms with Gasteiger partial charge in [-0.1, -0.05) is 6.92 Å². The molecular weight excluding hydrogens is 356 g/mol. The van der Waals surface area contributed by atoms with Crippen LogP contribution >= 0.6 is 0 Å². The fraction of sp³-hybridized carbons (Fsp3) is 0.278. The van der Waals surface area contributed by atoms with Gasteiger partial charge in [0.25, 0.3) is 5.91 Å². The van der Waals surface area contributed by atoms with Gasteiger partial charge < -0.3 is 14.8 Å². The lowest BCUT2D eigenvalue weighted by molar-refractivity contribution is 0.102. The molecule has 0 aliphatic carbocycles. The van der Waals surface area contributed by atoms with Crippen molar-refractivity contribution in [1.29, 1.82) is 0 Å². The average Bonchev–Trinajstić information content (AvgIpc) is 2.62. The van der Waals surface area contributed by atoms with Crippen molar-refractivity contribution in [3.8, 4) is 11.5 Å². The van der Waals surface area contributed by atoms with Gasteiger partial charge in [-0.05, 0) is 42.8 Å². The van der Waals surface area contributed by atoms with Crippen LogP contribution in [0.1, 0.15) is 23.7 Å². The zero-order valence-electron chi connectivity index (χ0n) is 14.9. The second-order valence-electron chi connectivity index (χ2n) is 5.52. The minimum atomic E-state index is -3.34. The summed E-state index contributed by atoms with van der Waals surface area (Å²) in [5.41, 5.74) is 1.34. The van der Waals surface area contributed by atoms with Crippen LogP contribution in [0.2, 0.25) is 0 Å². The van der Waals surface area contributed by atoms with Crippen LogP contribution in [0.5, 0.6) is 11.5 Å². The van der Waals surface area contributed by atoms with Crippen LogP contribution in [0.4, 0.5) is 11.4 Å². The zero-order chi connectivity index (χ0) is 19.2. The zero-order valence-corrected chi connectivity index (χ0v) is 15.7. The Kier molecular flexibility index (Phi) is 6.46. The quantitative estimate of drug-likeness (QED) is 0.736. The summed E-state index contributed by atoms with van der Waals surface area (Å²) in [6.07, 6.45) is 0.535. The molecule has 0 saturated heterocycles. The highest BCUT2D eigenvalue weighted by Gasteiger charge is 2.14. The number of hydrogen-bond acceptors (Lipinski definition) is 5. The molecule has 26 heavy (non-hydrogen) atoms. The molecule has 0 atom stereocenters. The highest BCUT2D eigenvalue weighted by atomic mass is 32.2. The monoisotopic (exact) mass is 378 g/mol. The fourth-order valence-electron chi connectivity index (χ4n) is 2.31. The summed E-state index contributed by atoms with van der Waals surface area (Å²) in [6, 6.07) is 11.3. The largest absolute Gasteiger partial charge is 0.497 e. The molecule has 2 N–H and O–H groups in total. The van der Waals surface area contributed by atoms with Gasteiger partial charge in [0.05, 0.1) is 25.5 Å². The smallest absolute Gasteiger partial charge is 0.259 e. The lowest BCUT2D eigenvalue weighted by atomic mass is 10.1. The van der Waals surface area contributed by atoms with E-state index in [1.807, 2.05) is 0 Å². The summed E-state index contributed by atoms with van der Waals surface area (Å²) < 4.78 is 36.4. The number of methoxy groups -OCH3 is 2. The molecule has 2 rings (SSSR count). The normalized spacial score (nSPS) is 10.9. The number of benzene rings is 2. The van der Waals surface area contributed by atoms with E-state index in [4.69, 9.17) is 9.47 Å². The number of nitrogens with one attached hydrogen (secondary N) is 2. The molecule has 2 aromatic carbocycles. The number of hydrogen-bond donors (Lipinski definition) is 2. The predicted molar refractivity (Wildman–Crippen MR) is 102 cm³/mol. The molecule has 0 saturated carbocycles. The average molecular weight is 378 g/mol. The Labute approximate surface area is 153 Å². The number of rotatable bonds is 8. The maximum absolute atomic E-state index is 12.4. The van der Waals surface area contributed by atoms with Crippen LogP contribution in [0.25, 0.3) is 0 Å². The first-order valence-corrected chi connectivity index (χ1v) is 9.67. The van der Waals surface area contributed by atoms with Crippen molar-refractivity contribution in [1.82, 2.24) is 0 Å². The van der Waals surface area contributed by atoms with Gasteiger partial charge in [-0.3, -0.25) is 9.52 Å². The Morgan fingerprint density at radius 3 is 2.23 bits per heavy atom. The third-order valence-electron chi connectivity index (χ3n) is 3.54. The van der Waals surface area contributed by atoms with Gasteiger partial charge >= 0.3 is 0 Å². The van der Waals surface area contributed by atoms with E-state index in [0.29, 0.717) is 34.9 Å². The van der Waals surface area contributed by atoms with E-state index >= 15 is 0 Å². The van der Waals surface area contributed by atoms with Crippen LogP contribution in [0.15, 0.2) is 42.5 Å². The Bertz CT molecular complexity index is 864. The van der Waals surface area contributed by atoms with Crippen molar-refractivity contribution in [2.75, 3.05) is 30.0 Å². The Balaban J connectivity index is 2.10. The number of anilines is 2. The van der Waals surface area contributed by atoms with E-state index in [9.17, 15) is 13.2 Å². The van der Waals surface area contributed by atoms with Crippen LogP contribution in [-0.4, -0.2) is 34.3 Å². The summed E-state index contributed by atoms with van der Waals surface area (Å²) in [5.74, 6) is 0.694. The molecule has 1 amide bonds. The molecule has 140 valence electrons. The fourth-order valence-corrected chi connectivity index (χ4v) is 3.44. The van der Waals surface area contributed by atoms with Gasteiger partial charge in [0.15, 0.2) is 0 Å². The molecule has 0 unspecified atom stereocenters. The molecule has 8 heteroatoms. The molecule has 0 bridgehead atoms. The molecular formula is C18H22N2O5S. The van der Waals surface area contributed by atoms with Gasteiger partial charge in [-0.25, -0.2) is 8.42 Å². The highest BCUT2D eigenvalue weighted by molar-refractivity contribution is 7.92. The van der Waals surface area contributed by atoms with E-state index in [1.165, 1.54) is 14.2 Å². The lowest BCUT2D eigenvalue weighted by Crippen LogP contribution is -2.16. The predicted octanol–water partition coefficient (Wildman–Crippen LogP) is 3.11. The molecule has 0 aliphatic rings. The second-order valence-corrected chi connectivity index (χ2v) is 7.36. The number of amides is 1. The SMILES string of the molecule is CCCS(=O)(=O)Nc1ccc(NC(=O)c2ccc(OC)cc2OC)cc1. The molecule has 0 fully saturated rings. The first-order chi connectivity index (χ1) is 12.4. The van der Waals surface area contributed by atoms with Gasteiger partial charge in [0.2, 0.25) is 10.0 Å². The first kappa shape index (κ1) is 19.6. The number of carbonyl (C=O) groups excluding carboxylic acids is 1. The van der Waals surface area contributed by atoms with E-state index in [-0.39, 0.29) is 11.7 Å². The van der Waals surface area contributed by atoms with Crippen molar-refractivity contribution in [3.05, 3.63) is 48.0 Å². The summed E-state index contributed by atoms with van der Waals surface area (Å²) in [6.45, 7) is 1.80. The third kappa shape index (κ3) is 5.13. The van der Waals surface area contributed by atoms with E-state index < -0.39 is 10.0 Å². The minimum Gasteiger partial charge on any atom is -0.497 e. The van der Waals surface area contributed by atoms with Gasteiger partial charge in [0, 0.05) is 17.4 Å². The molecule has 7 nitrogen and oxygen atoms in total. The maximum atomic E-state index is 12.4. The number of ether oxygens (including phenoxy) is 2. The Hall–Kier alpha value is -2.74. The third-order valence-corrected chi connectivity index (χ3v) is 5.03. The van der Waals surface area contributed by atoms with E-state index in [1.54, 1.807) is 49.4 Å². The van der Waals surface area contributed by atoms with Crippen LogP contribution < -0.4 is 19.5 Å². The molecule has 2 aromatic rings. The number of carbonyl (C=O) groups is 1. The van der Waals surface area contributed by atoms with Crippen LogP contribution in [-0.2, 0) is 10.0 Å². The Morgan fingerprint density at radius 2 is 1.65 bits per heavy atom. The van der Waals surface area contributed by atoms with Crippen molar-refractivity contribution >= 4 is 27.3 Å². The molecule has 0 aromatic heterocycles. The summed E-state index contributed by atoms with van der Waals surface area (Å²) in [5, 5.41) is 2.75. The van der Waals surface area contributed by atoms with Gasteiger partial charge in [-0.2, -0.15) is 0 Å². The van der Waals surface area contributed by atoms with Crippen molar-refractivity contribution in [3.63, 3.8) is 0 Å². The molecule has 0 spiro atoms. The molecule has 0 aliphatic heterocycles. The lowest BCUT2D eigenvalue weighted by Gasteiger charge is -2.11. The van der Waals surface area contributed by atoms with Crippen LogP contribution in [0, 0.1) is 0 Å². The second kappa shape index (κ2) is 8.57. The van der Waals surface area contributed by atoms with Crippen molar-refractivity contribution < 1.29 is 22.7 Å². The minimum absolute atomic E-state index is 0.0583. The van der Waals surface area contributed by atoms with Gasteiger partial charge in [-0.15, -0.1) is 0 Å². The Morgan fingerprint density at radius 1 is 1.00 bits per heavy atom. The van der Waals surface area contributed by atoms with Gasteiger partial charge in [0.1, 0.15) is 11.5 Å². The highest BCUT2D eigenvalue weighted by Crippen LogP contribution is 2.25. The van der Waals surface area contributed by atoms with E-state index in [2.05, 4.69) is 10.0 Å². The maximum Gasteiger partial charge on any atom is 0.259 e. The molecule has 0 heterocycles. The summed E-state index contributed by atoms with van der Waals surface area (Å²) >= 11 is 0. The molecule has 0 radical (unpaired) electrons. The number of sulfonamides is 1. The summed E-state index contributed by atoms with van der Waals surface area (Å²) in [7, 11) is -0.337. The first-order valence-electron chi connectivity index (χ1n) is 8.02. The summed E-state index contributed by atoms with van der Waals surface area (Å²) in [4.78, 5) is 12.4.